The highest BCUT2D eigenvalue weighted by Gasteiger charge is 2.35. The number of piperidine rings is 1. The van der Waals surface area contributed by atoms with Crippen molar-refractivity contribution in [2.45, 2.75) is 44.6 Å². The molecule has 1 N–H and O–H groups in total. The first-order valence-corrected chi connectivity index (χ1v) is 9.84. The molecule has 27 heavy (non-hydrogen) atoms. The summed E-state index contributed by atoms with van der Waals surface area (Å²) in [5.41, 5.74) is 2.12. The molecule has 4 heteroatoms. The van der Waals surface area contributed by atoms with Crippen LogP contribution in [0.1, 0.15) is 54.1 Å². The third-order valence-corrected chi connectivity index (χ3v) is 5.63. The summed E-state index contributed by atoms with van der Waals surface area (Å²) in [5.74, 6) is -0.266. The van der Waals surface area contributed by atoms with Crippen LogP contribution in [0.4, 0.5) is 4.39 Å². The molecule has 2 aromatic carbocycles. The minimum absolute atomic E-state index is 0.0559. The summed E-state index contributed by atoms with van der Waals surface area (Å²) >= 11 is 0. The topological polar surface area (TPSA) is 40.5 Å². The van der Waals surface area contributed by atoms with Gasteiger partial charge >= 0.3 is 0 Å². The molecule has 0 unspecified atom stereocenters. The molecule has 2 aromatic rings. The van der Waals surface area contributed by atoms with Crippen LogP contribution in [0.15, 0.2) is 48.5 Å². The summed E-state index contributed by atoms with van der Waals surface area (Å²) in [6.07, 6.45) is 3.60. The van der Waals surface area contributed by atoms with Crippen LogP contribution in [0.5, 0.6) is 0 Å². The van der Waals surface area contributed by atoms with Gasteiger partial charge < -0.3 is 10.0 Å². The van der Waals surface area contributed by atoms with Gasteiger partial charge in [-0.05, 0) is 67.6 Å². The fraction of sp³-hybridized carbons (Fsp3) is 0.435. The number of ketones is 1. The van der Waals surface area contributed by atoms with Crippen LogP contribution in [-0.4, -0.2) is 35.4 Å². The first kappa shape index (κ1) is 19.7. The van der Waals surface area contributed by atoms with Crippen molar-refractivity contribution in [2.24, 2.45) is 0 Å². The summed E-state index contributed by atoms with van der Waals surface area (Å²) in [5, 5.41) is 11.1. The fourth-order valence-corrected chi connectivity index (χ4v) is 3.94. The molecule has 1 fully saturated rings. The lowest BCUT2D eigenvalue weighted by Crippen LogP contribution is -2.43. The summed E-state index contributed by atoms with van der Waals surface area (Å²) < 4.78 is 12.9. The van der Waals surface area contributed by atoms with Gasteiger partial charge in [0.25, 0.3) is 0 Å². The van der Waals surface area contributed by atoms with Gasteiger partial charge in [-0.15, -0.1) is 0 Å². The van der Waals surface area contributed by atoms with Gasteiger partial charge in [0, 0.05) is 25.1 Å². The minimum atomic E-state index is -0.743. The number of carbonyl (C=O) groups is 1. The zero-order valence-electron chi connectivity index (χ0n) is 16.0. The van der Waals surface area contributed by atoms with E-state index in [-0.39, 0.29) is 11.6 Å². The van der Waals surface area contributed by atoms with Crippen molar-refractivity contribution >= 4 is 5.78 Å². The molecule has 0 saturated carbocycles. The number of benzene rings is 2. The van der Waals surface area contributed by atoms with E-state index < -0.39 is 5.60 Å². The Bertz CT molecular complexity index is 764. The second-order valence-corrected chi connectivity index (χ2v) is 7.42. The Kier molecular flexibility index (Phi) is 6.40. The standard InChI is InChI=1S/C23H28FNO2/c1-2-18-6-3-4-7-21(18)23(27)13-16-25(17-14-23)15-5-8-22(26)19-9-11-20(24)12-10-19/h3-4,6-7,9-12,27H,2,5,8,13-17H2,1H3. The third kappa shape index (κ3) is 4.82. The Morgan fingerprint density at radius 3 is 2.44 bits per heavy atom. The van der Waals surface area contributed by atoms with Crippen LogP contribution in [0.25, 0.3) is 0 Å². The van der Waals surface area contributed by atoms with E-state index in [1.807, 2.05) is 12.1 Å². The molecule has 1 heterocycles. The minimum Gasteiger partial charge on any atom is -0.385 e. The van der Waals surface area contributed by atoms with Crippen LogP contribution < -0.4 is 0 Å². The van der Waals surface area contributed by atoms with Crippen molar-refractivity contribution in [1.82, 2.24) is 4.90 Å². The molecule has 0 amide bonds. The average Bonchev–Trinajstić information content (AvgIpc) is 2.70. The molecule has 0 radical (unpaired) electrons. The molecular weight excluding hydrogens is 341 g/mol. The predicted molar refractivity (Wildman–Crippen MR) is 105 cm³/mol. The predicted octanol–water partition coefficient (Wildman–Crippen LogP) is 4.33. The molecule has 0 aliphatic carbocycles. The van der Waals surface area contributed by atoms with Gasteiger partial charge in [-0.1, -0.05) is 31.2 Å². The molecule has 144 valence electrons. The summed E-state index contributed by atoms with van der Waals surface area (Å²) in [4.78, 5) is 14.5. The number of hydrogen-bond acceptors (Lipinski definition) is 3. The molecule has 0 bridgehead atoms. The second kappa shape index (κ2) is 8.77. The Morgan fingerprint density at radius 1 is 1.11 bits per heavy atom. The lowest BCUT2D eigenvalue weighted by molar-refractivity contribution is -0.0266. The molecular formula is C23H28FNO2. The number of likely N-dealkylation sites (tertiary alicyclic amines) is 1. The molecule has 3 nitrogen and oxygen atoms in total. The van der Waals surface area contributed by atoms with E-state index in [0.717, 1.165) is 50.9 Å². The van der Waals surface area contributed by atoms with E-state index in [1.165, 1.54) is 17.7 Å². The van der Waals surface area contributed by atoms with Crippen LogP contribution in [0.3, 0.4) is 0 Å². The highest BCUT2D eigenvalue weighted by molar-refractivity contribution is 5.95. The van der Waals surface area contributed by atoms with Gasteiger partial charge in [-0.2, -0.15) is 0 Å². The largest absolute Gasteiger partial charge is 0.385 e. The number of carbonyl (C=O) groups excluding carboxylic acids is 1. The lowest BCUT2D eigenvalue weighted by atomic mass is 9.81. The van der Waals surface area contributed by atoms with E-state index in [4.69, 9.17) is 0 Å². The van der Waals surface area contributed by atoms with E-state index in [2.05, 4.69) is 24.0 Å². The second-order valence-electron chi connectivity index (χ2n) is 7.42. The SMILES string of the molecule is CCc1ccccc1C1(O)CCN(CCCC(=O)c2ccc(F)cc2)CC1. The molecule has 0 aromatic heterocycles. The molecule has 1 saturated heterocycles. The van der Waals surface area contributed by atoms with E-state index in [1.54, 1.807) is 12.1 Å². The van der Waals surface area contributed by atoms with Crippen molar-refractivity contribution < 1.29 is 14.3 Å². The Hall–Kier alpha value is -2.04. The highest BCUT2D eigenvalue weighted by Crippen LogP contribution is 2.35. The van der Waals surface area contributed by atoms with Gasteiger partial charge in [0.05, 0.1) is 5.60 Å². The molecule has 0 atom stereocenters. The normalized spacial score (nSPS) is 17.0. The quantitative estimate of drug-likeness (QED) is 0.739. The first-order chi connectivity index (χ1) is 13.0. The Labute approximate surface area is 160 Å². The molecule has 0 spiro atoms. The van der Waals surface area contributed by atoms with Crippen LogP contribution >= 0.6 is 0 Å². The monoisotopic (exact) mass is 369 g/mol. The van der Waals surface area contributed by atoms with E-state index >= 15 is 0 Å². The van der Waals surface area contributed by atoms with Gasteiger partial charge in [-0.25, -0.2) is 4.39 Å². The zero-order valence-corrected chi connectivity index (χ0v) is 16.0. The summed E-state index contributed by atoms with van der Waals surface area (Å²) in [6, 6.07) is 13.9. The number of aryl methyl sites for hydroxylation is 1. The third-order valence-electron chi connectivity index (χ3n) is 5.63. The Morgan fingerprint density at radius 2 is 1.78 bits per heavy atom. The molecule has 3 rings (SSSR count). The van der Waals surface area contributed by atoms with Crippen molar-refractivity contribution in [3.63, 3.8) is 0 Å². The maximum atomic E-state index is 12.9. The lowest BCUT2D eigenvalue weighted by Gasteiger charge is -2.39. The zero-order chi connectivity index (χ0) is 19.3. The van der Waals surface area contributed by atoms with Gasteiger partial charge in [-0.3, -0.25) is 4.79 Å². The highest BCUT2D eigenvalue weighted by atomic mass is 19.1. The fourth-order valence-electron chi connectivity index (χ4n) is 3.94. The number of hydrogen-bond donors (Lipinski definition) is 1. The number of aliphatic hydroxyl groups is 1. The Balaban J connectivity index is 1.48. The summed E-state index contributed by atoms with van der Waals surface area (Å²) in [7, 11) is 0. The number of rotatable bonds is 7. The van der Waals surface area contributed by atoms with Crippen molar-refractivity contribution in [2.75, 3.05) is 19.6 Å². The van der Waals surface area contributed by atoms with Crippen molar-refractivity contribution in [3.05, 3.63) is 71.0 Å². The van der Waals surface area contributed by atoms with Gasteiger partial charge in [0.2, 0.25) is 0 Å². The number of nitrogens with zero attached hydrogens (tertiary/aromatic N) is 1. The average molecular weight is 369 g/mol. The smallest absolute Gasteiger partial charge is 0.162 e. The first-order valence-electron chi connectivity index (χ1n) is 9.84. The summed E-state index contributed by atoms with van der Waals surface area (Å²) in [6.45, 7) is 4.63. The number of Topliss-reactive ketones (excluding diaryl/α,β-unsaturated/α-hetero) is 1. The van der Waals surface area contributed by atoms with Crippen LogP contribution in [0, 0.1) is 5.82 Å². The molecule has 1 aliphatic rings. The van der Waals surface area contributed by atoms with Crippen LogP contribution in [-0.2, 0) is 12.0 Å². The van der Waals surface area contributed by atoms with E-state index in [9.17, 15) is 14.3 Å². The maximum absolute atomic E-state index is 12.9. The number of halogens is 1. The van der Waals surface area contributed by atoms with Gasteiger partial charge in [0.15, 0.2) is 5.78 Å². The maximum Gasteiger partial charge on any atom is 0.162 e. The van der Waals surface area contributed by atoms with E-state index in [0.29, 0.717) is 12.0 Å². The van der Waals surface area contributed by atoms with Crippen molar-refractivity contribution in [1.29, 1.82) is 0 Å². The van der Waals surface area contributed by atoms with Gasteiger partial charge in [0.1, 0.15) is 5.82 Å². The van der Waals surface area contributed by atoms with Crippen molar-refractivity contribution in [3.8, 4) is 0 Å². The molecule has 1 aliphatic heterocycles. The van der Waals surface area contributed by atoms with Crippen LogP contribution in [0.2, 0.25) is 0 Å².